The molecule has 5 nitrogen and oxygen atoms in total. The summed E-state index contributed by atoms with van der Waals surface area (Å²) in [6, 6.07) is 18.1. The molecular weight excluding hydrogens is 352 g/mol. The zero-order valence-corrected chi connectivity index (χ0v) is 16.3. The van der Waals surface area contributed by atoms with Crippen molar-refractivity contribution in [1.29, 1.82) is 0 Å². The summed E-state index contributed by atoms with van der Waals surface area (Å²) in [7, 11) is 0. The van der Waals surface area contributed by atoms with Crippen LogP contribution in [0.1, 0.15) is 18.1 Å². The van der Waals surface area contributed by atoms with Crippen molar-refractivity contribution >= 4 is 12.0 Å². The Labute approximate surface area is 167 Å². The van der Waals surface area contributed by atoms with Crippen molar-refractivity contribution in [2.24, 2.45) is 0 Å². The molecule has 5 heteroatoms. The summed E-state index contributed by atoms with van der Waals surface area (Å²) >= 11 is 0. The number of amides is 1. The minimum Gasteiger partial charge on any atom is -0.494 e. The predicted molar refractivity (Wildman–Crippen MR) is 111 cm³/mol. The summed E-state index contributed by atoms with van der Waals surface area (Å²) in [6.07, 6.45) is 3.37. The monoisotopic (exact) mass is 380 g/mol. The highest BCUT2D eigenvalue weighted by Crippen LogP contribution is 2.13. The minimum absolute atomic E-state index is 0.0142. The van der Waals surface area contributed by atoms with E-state index in [1.807, 2.05) is 37.3 Å². The first kappa shape index (κ1) is 20.1. The molecule has 0 aliphatic carbocycles. The van der Waals surface area contributed by atoms with Gasteiger partial charge in [0.2, 0.25) is 5.91 Å². The quantitative estimate of drug-likeness (QED) is 0.715. The lowest BCUT2D eigenvalue weighted by Crippen LogP contribution is -2.46. The second-order valence-corrected chi connectivity index (χ2v) is 6.79. The molecule has 3 rings (SSSR count). The molecule has 2 aromatic carbocycles. The number of carbonyl (C=O) groups is 1. The maximum absolute atomic E-state index is 12.1. The maximum Gasteiger partial charge on any atom is 0.244 e. The summed E-state index contributed by atoms with van der Waals surface area (Å²) in [5.74, 6) is 0.719. The number of nitrogens with one attached hydrogen (secondary N) is 1. The van der Waals surface area contributed by atoms with Gasteiger partial charge in [0.15, 0.2) is 0 Å². The molecule has 1 atom stereocenters. The zero-order chi connectivity index (χ0) is 19.6. The number of benzene rings is 2. The van der Waals surface area contributed by atoms with Gasteiger partial charge in [0, 0.05) is 32.3 Å². The SMILES string of the molecule is CCOc1ccc(/C=C/C(=O)NCC2CN(Cc3ccccc3)CCO2)cc1. The van der Waals surface area contributed by atoms with Gasteiger partial charge in [0.05, 0.1) is 19.3 Å². The highest BCUT2D eigenvalue weighted by atomic mass is 16.5. The van der Waals surface area contributed by atoms with E-state index in [0.29, 0.717) is 19.8 Å². The topological polar surface area (TPSA) is 50.8 Å². The molecule has 1 heterocycles. The van der Waals surface area contributed by atoms with E-state index in [-0.39, 0.29) is 12.0 Å². The largest absolute Gasteiger partial charge is 0.494 e. The first-order valence-electron chi connectivity index (χ1n) is 9.79. The highest BCUT2D eigenvalue weighted by Gasteiger charge is 2.20. The summed E-state index contributed by atoms with van der Waals surface area (Å²) in [6.45, 7) is 6.44. The first-order chi connectivity index (χ1) is 13.7. The molecule has 28 heavy (non-hydrogen) atoms. The van der Waals surface area contributed by atoms with Crippen molar-refractivity contribution in [3.8, 4) is 5.75 Å². The van der Waals surface area contributed by atoms with Crippen LogP contribution in [0.5, 0.6) is 5.75 Å². The third-order valence-corrected chi connectivity index (χ3v) is 4.59. The maximum atomic E-state index is 12.1. The standard InChI is InChI=1S/C23H28N2O3/c1-2-27-21-11-8-19(9-12-21)10-13-23(26)24-16-22-18-25(14-15-28-22)17-20-6-4-3-5-7-20/h3-13,22H,2,14-18H2,1H3,(H,24,26)/b13-10+. The number of hydrogen-bond donors (Lipinski definition) is 1. The lowest BCUT2D eigenvalue weighted by Gasteiger charge is -2.33. The molecule has 148 valence electrons. The molecule has 1 aliphatic rings. The van der Waals surface area contributed by atoms with Crippen LogP contribution in [-0.2, 0) is 16.1 Å². The van der Waals surface area contributed by atoms with Crippen LogP contribution in [-0.4, -0.2) is 49.8 Å². The lowest BCUT2D eigenvalue weighted by molar-refractivity contribution is -0.117. The first-order valence-corrected chi connectivity index (χ1v) is 9.79. The van der Waals surface area contributed by atoms with E-state index in [9.17, 15) is 4.79 Å². The number of rotatable bonds is 8. The molecule has 0 spiro atoms. The molecule has 1 unspecified atom stereocenters. The van der Waals surface area contributed by atoms with Gasteiger partial charge in [-0.05, 0) is 36.3 Å². The molecule has 1 aliphatic heterocycles. The van der Waals surface area contributed by atoms with E-state index in [1.165, 1.54) is 5.56 Å². The molecule has 1 N–H and O–H groups in total. The molecule has 0 saturated carbocycles. The average Bonchev–Trinajstić information content (AvgIpc) is 2.73. The molecule has 1 fully saturated rings. The van der Waals surface area contributed by atoms with Crippen LogP contribution in [0.4, 0.5) is 0 Å². The second kappa shape index (κ2) is 10.6. The van der Waals surface area contributed by atoms with Crippen LogP contribution in [0.15, 0.2) is 60.7 Å². The average molecular weight is 380 g/mol. The van der Waals surface area contributed by atoms with E-state index < -0.39 is 0 Å². The Bertz CT molecular complexity index is 759. The Balaban J connectivity index is 1.42. The van der Waals surface area contributed by atoms with Crippen LogP contribution in [0, 0.1) is 0 Å². The van der Waals surface area contributed by atoms with E-state index in [4.69, 9.17) is 9.47 Å². The van der Waals surface area contributed by atoms with E-state index >= 15 is 0 Å². The molecule has 1 amide bonds. The van der Waals surface area contributed by atoms with Crippen molar-refractivity contribution < 1.29 is 14.3 Å². The van der Waals surface area contributed by atoms with E-state index in [2.05, 4.69) is 34.5 Å². The van der Waals surface area contributed by atoms with Crippen molar-refractivity contribution in [3.63, 3.8) is 0 Å². The molecule has 0 bridgehead atoms. The number of hydrogen-bond acceptors (Lipinski definition) is 4. The van der Waals surface area contributed by atoms with Gasteiger partial charge in [-0.1, -0.05) is 42.5 Å². The van der Waals surface area contributed by atoms with Gasteiger partial charge in [-0.25, -0.2) is 0 Å². The van der Waals surface area contributed by atoms with Gasteiger partial charge >= 0.3 is 0 Å². The Kier molecular flexibility index (Phi) is 7.64. The fourth-order valence-electron chi connectivity index (χ4n) is 3.18. The van der Waals surface area contributed by atoms with Crippen LogP contribution in [0.3, 0.4) is 0 Å². The Morgan fingerprint density at radius 3 is 2.75 bits per heavy atom. The number of nitrogens with zero attached hydrogens (tertiary/aromatic N) is 1. The molecule has 0 radical (unpaired) electrons. The molecule has 2 aromatic rings. The summed E-state index contributed by atoms with van der Waals surface area (Å²) in [5.41, 5.74) is 2.26. The Morgan fingerprint density at radius 2 is 2.00 bits per heavy atom. The van der Waals surface area contributed by atoms with E-state index in [0.717, 1.165) is 30.9 Å². The molecular formula is C23H28N2O3. The summed E-state index contributed by atoms with van der Waals surface area (Å²) < 4.78 is 11.2. The molecule has 1 saturated heterocycles. The molecule has 0 aromatic heterocycles. The van der Waals surface area contributed by atoms with Gasteiger partial charge in [-0.15, -0.1) is 0 Å². The third kappa shape index (κ3) is 6.51. The normalized spacial score (nSPS) is 17.5. The van der Waals surface area contributed by atoms with Gasteiger partial charge < -0.3 is 14.8 Å². The van der Waals surface area contributed by atoms with Gasteiger partial charge in [-0.3, -0.25) is 9.69 Å². The number of ether oxygens (including phenoxy) is 2. The smallest absolute Gasteiger partial charge is 0.244 e. The van der Waals surface area contributed by atoms with Gasteiger partial charge in [-0.2, -0.15) is 0 Å². The summed E-state index contributed by atoms with van der Waals surface area (Å²) in [5, 5.41) is 2.94. The summed E-state index contributed by atoms with van der Waals surface area (Å²) in [4.78, 5) is 14.5. The lowest BCUT2D eigenvalue weighted by atomic mass is 10.2. The van der Waals surface area contributed by atoms with E-state index in [1.54, 1.807) is 12.2 Å². The fraction of sp³-hybridized carbons (Fsp3) is 0.348. The van der Waals surface area contributed by atoms with Crippen molar-refractivity contribution in [2.45, 2.75) is 19.6 Å². The van der Waals surface area contributed by atoms with Crippen LogP contribution in [0.25, 0.3) is 6.08 Å². The Morgan fingerprint density at radius 1 is 1.21 bits per heavy atom. The highest BCUT2D eigenvalue weighted by molar-refractivity contribution is 5.91. The van der Waals surface area contributed by atoms with Crippen molar-refractivity contribution in [1.82, 2.24) is 10.2 Å². The minimum atomic E-state index is -0.113. The number of morpholine rings is 1. The predicted octanol–water partition coefficient (Wildman–Crippen LogP) is 3.12. The van der Waals surface area contributed by atoms with Gasteiger partial charge in [0.25, 0.3) is 0 Å². The van der Waals surface area contributed by atoms with Crippen molar-refractivity contribution in [2.75, 3.05) is 32.8 Å². The van der Waals surface area contributed by atoms with Crippen molar-refractivity contribution in [3.05, 3.63) is 71.8 Å². The van der Waals surface area contributed by atoms with Gasteiger partial charge in [0.1, 0.15) is 5.75 Å². The number of carbonyl (C=O) groups excluding carboxylic acids is 1. The zero-order valence-electron chi connectivity index (χ0n) is 16.3. The fourth-order valence-corrected chi connectivity index (χ4v) is 3.18. The second-order valence-electron chi connectivity index (χ2n) is 6.79. The van der Waals surface area contributed by atoms with Crippen LogP contribution >= 0.6 is 0 Å². The Hall–Kier alpha value is -2.63. The van der Waals surface area contributed by atoms with Crippen LogP contribution < -0.4 is 10.1 Å². The van der Waals surface area contributed by atoms with Crippen LogP contribution in [0.2, 0.25) is 0 Å². The third-order valence-electron chi connectivity index (χ3n) is 4.59.